The quantitative estimate of drug-likeness (QED) is 0.290. The standard InChI is InChI=1S/C21H22O6/c1-4-20(22)26-13-5-12-25-17-8-6-16(7-9-17)21(23)27-18-10-11-19(24-3)15(2)14-18/h4,6-11,14H,1,5,12-13H2,2-3H3. The first-order valence-electron chi connectivity index (χ1n) is 8.42. The van der Waals surface area contributed by atoms with E-state index in [0.717, 1.165) is 17.4 Å². The fourth-order valence-electron chi connectivity index (χ4n) is 2.25. The highest BCUT2D eigenvalue weighted by atomic mass is 16.5. The van der Waals surface area contributed by atoms with E-state index < -0.39 is 11.9 Å². The number of methoxy groups -OCH3 is 1. The van der Waals surface area contributed by atoms with Gasteiger partial charge in [0, 0.05) is 12.5 Å². The first-order chi connectivity index (χ1) is 13.0. The van der Waals surface area contributed by atoms with Crippen molar-refractivity contribution in [1.29, 1.82) is 0 Å². The lowest BCUT2D eigenvalue weighted by Gasteiger charge is -2.09. The summed E-state index contributed by atoms with van der Waals surface area (Å²) in [6.45, 7) is 5.84. The molecule has 0 aliphatic carbocycles. The van der Waals surface area contributed by atoms with Crippen LogP contribution >= 0.6 is 0 Å². The molecule has 0 heterocycles. The second-order valence-electron chi connectivity index (χ2n) is 5.62. The molecule has 2 aromatic rings. The van der Waals surface area contributed by atoms with Crippen LogP contribution in [-0.4, -0.2) is 32.3 Å². The number of rotatable bonds is 9. The molecule has 0 aliphatic heterocycles. The van der Waals surface area contributed by atoms with Crippen LogP contribution in [0.1, 0.15) is 22.3 Å². The van der Waals surface area contributed by atoms with Crippen LogP contribution in [0.25, 0.3) is 0 Å². The number of esters is 2. The summed E-state index contributed by atoms with van der Waals surface area (Å²) in [6.07, 6.45) is 1.67. The van der Waals surface area contributed by atoms with Crippen molar-refractivity contribution in [2.75, 3.05) is 20.3 Å². The highest BCUT2D eigenvalue weighted by Gasteiger charge is 2.10. The summed E-state index contributed by atoms with van der Waals surface area (Å²) in [5.74, 6) is 0.887. The number of aryl methyl sites for hydroxylation is 1. The van der Waals surface area contributed by atoms with E-state index in [1.807, 2.05) is 6.92 Å². The van der Waals surface area contributed by atoms with E-state index in [9.17, 15) is 9.59 Å². The van der Waals surface area contributed by atoms with Gasteiger partial charge in [0.1, 0.15) is 17.2 Å². The molecular weight excluding hydrogens is 348 g/mol. The Morgan fingerprint density at radius 2 is 1.74 bits per heavy atom. The van der Waals surface area contributed by atoms with Crippen LogP contribution in [0, 0.1) is 6.92 Å². The molecule has 0 atom stereocenters. The van der Waals surface area contributed by atoms with Gasteiger partial charge in [-0.15, -0.1) is 0 Å². The molecule has 0 unspecified atom stereocenters. The first-order valence-corrected chi connectivity index (χ1v) is 8.42. The van der Waals surface area contributed by atoms with Crippen LogP contribution in [0.4, 0.5) is 0 Å². The van der Waals surface area contributed by atoms with Crippen molar-refractivity contribution in [2.24, 2.45) is 0 Å². The molecular formula is C21H22O6. The number of benzene rings is 2. The Kier molecular flexibility index (Phi) is 7.43. The number of hydrogen-bond donors (Lipinski definition) is 0. The number of ether oxygens (including phenoxy) is 4. The average Bonchev–Trinajstić information content (AvgIpc) is 2.68. The summed E-state index contributed by atoms with van der Waals surface area (Å²) in [7, 11) is 1.59. The van der Waals surface area contributed by atoms with Crippen LogP contribution in [0.5, 0.6) is 17.2 Å². The minimum Gasteiger partial charge on any atom is -0.496 e. The van der Waals surface area contributed by atoms with E-state index >= 15 is 0 Å². The molecule has 142 valence electrons. The molecule has 0 fully saturated rings. The molecule has 0 amide bonds. The normalized spacial score (nSPS) is 10.0. The molecule has 27 heavy (non-hydrogen) atoms. The molecule has 2 aromatic carbocycles. The topological polar surface area (TPSA) is 71.1 Å². The van der Waals surface area contributed by atoms with E-state index in [0.29, 0.717) is 30.1 Å². The monoisotopic (exact) mass is 370 g/mol. The Bertz CT molecular complexity index is 795. The van der Waals surface area contributed by atoms with Gasteiger partial charge in [0.2, 0.25) is 0 Å². The lowest BCUT2D eigenvalue weighted by molar-refractivity contribution is -0.137. The van der Waals surface area contributed by atoms with Gasteiger partial charge < -0.3 is 18.9 Å². The Labute approximate surface area is 158 Å². The Morgan fingerprint density at radius 1 is 1.04 bits per heavy atom. The number of hydrogen-bond acceptors (Lipinski definition) is 6. The van der Waals surface area contributed by atoms with Gasteiger partial charge in [-0.25, -0.2) is 9.59 Å². The fraction of sp³-hybridized carbons (Fsp3) is 0.238. The lowest BCUT2D eigenvalue weighted by Crippen LogP contribution is -2.09. The Morgan fingerprint density at radius 3 is 2.37 bits per heavy atom. The zero-order valence-electron chi connectivity index (χ0n) is 15.4. The zero-order valence-corrected chi connectivity index (χ0v) is 15.4. The minimum atomic E-state index is -0.456. The molecule has 0 saturated carbocycles. The maximum atomic E-state index is 12.2. The molecule has 0 spiro atoms. The van der Waals surface area contributed by atoms with Gasteiger partial charge in [-0.3, -0.25) is 0 Å². The molecule has 0 radical (unpaired) electrons. The smallest absolute Gasteiger partial charge is 0.343 e. The minimum absolute atomic E-state index is 0.260. The average molecular weight is 370 g/mol. The van der Waals surface area contributed by atoms with Gasteiger partial charge in [0.25, 0.3) is 0 Å². The molecule has 0 N–H and O–H groups in total. The van der Waals surface area contributed by atoms with Gasteiger partial charge in [-0.05, 0) is 55.0 Å². The van der Waals surface area contributed by atoms with E-state index in [1.165, 1.54) is 0 Å². The maximum absolute atomic E-state index is 12.2. The SMILES string of the molecule is C=CC(=O)OCCCOc1ccc(C(=O)Oc2ccc(OC)c(C)c2)cc1. The fourth-order valence-corrected chi connectivity index (χ4v) is 2.25. The molecule has 0 bridgehead atoms. The third kappa shape index (κ3) is 6.18. The van der Waals surface area contributed by atoms with E-state index in [-0.39, 0.29) is 6.61 Å². The van der Waals surface area contributed by atoms with Crippen LogP contribution in [0.3, 0.4) is 0 Å². The summed E-state index contributed by atoms with van der Waals surface area (Å²) in [5.41, 5.74) is 1.29. The lowest BCUT2D eigenvalue weighted by atomic mass is 10.2. The Balaban J connectivity index is 1.83. The highest BCUT2D eigenvalue weighted by molar-refractivity contribution is 5.91. The summed E-state index contributed by atoms with van der Waals surface area (Å²) < 4.78 is 20.9. The van der Waals surface area contributed by atoms with Crippen molar-refractivity contribution in [3.63, 3.8) is 0 Å². The van der Waals surface area contributed by atoms with Gasteiger partial charge in [0.05, 0.1) is 25.9 Å². The van der Waals surface area contributed by atoms with Crippen molar-refractivity contribution >= 4 is 11.9 Å². The van der Waals surface area contributed by atoms with E-state index in [2.05, 4.69) is 6.58 Å². The van der Waals surface area contributed by atoms with Crippen LogP contribution in [0.15, 0.2) is 55.1 Å². The predicted octanol–water partition coefficient (Wildman–Crippen LogP) is 3.72. The second-order valence-corrected chi connectivity index (χ2v) is 5.62. The van der Waals surface area contributed by atoms with Crippen LogP contribution in [0.2, 0.25) is 0 Å². The van der Waals surface area contributed by atoms with Gasteiger partial charge in [0.15, 0.2) is 0 Å². The molecule has 2 rings (SSSR count). The maximum Gasteiger partial charge on any atom is 0.343 e. The van der Waals surface area contributed by atoms with E-state index in [4.69, 9.17) is 18.9 Å². The van der Waals surface area contributed by atoms with Crippen molar-refractivity contribution < 1.29 is 28.5 Å². The third-order valence-corrected chi connectivity index (χ3v) is 3.64. The second kappa shape index (κ2) is 10.0. The largest absolute Gasteiger partial charge is 0.496 e. The molecule has 0 aliphatic rings. The summed E-state index contributed by atoms with van der Waals surface area (Å²) in [6, 6.07) is 11.8. The predicted molar refractivity (Wildman–Crippen MR) is 100 cm³/mol. The number of carbonyl (C=O) groups is 2. The van der Waals surface area contributed by atoms with Gasteiger partial charge >= 0.3 is 11.9 Å². The highest BCUT2D eigenvalue weighted by Crippen LogP contribution is 2.24. The van der Waals surface area contributed by atoms with Gasteiger partial charge in [-0.1, -0.05) is 6.58 Å². The molecule has 0 saturated heterocycles. The van der Waals surface area contributed by atoms with Crippen molar-refractivity contribution in [3.05, 3.63) is 66.2 Å². The zero-order chi connectivity index (χ0) is 19.6. The van der Waals surface area contributed by atoms with E-state index in [1.54, 1.807) is 49.6 Å². The summed E-state index contributed by atoms with van der Waals surface area (Å²) in [4.78, 5) is 23.1. The first kappa shape index (κ1) is 20.0. The van der Waals surface area contributed by atoms with Crippen molar-refractivity contribution in [2.45, 2.75) is 13.3 Å². The van der Waals surface area contributed by atoms with Gasteiger partial charge in [-0.2, -0.15) is 0 Å². The van der Waals surface area contributed by atoms with Crippen molar-refractivity contribution in [1.82, 2.24) is 0 Å². The Hall–Kier alpha value is -3.28. The number of carbonyl (C=O) groups excluding carboxylic acids is 2. The van der Waals surface area contributed by atoms with Crippen molar-refractivity contribution in [3.8, 4) is 17.2 Å². The summed E-state index contributed by atoms with van der Waals surface area (Å²) in [5, 5.41) is 0. The molecule has 6 heteroatoms. The van der Waals surface area contributed by atoms with Crippen LogP contribution in [-0.2, 0) is 9.53 Å². The molecule has 0 aromatic heterocycles. The molecule has 6 nitrogen and oxygen atoms in total. The third-order valence-electron chi connectivity index (χ3n) is 3.64. The summed E-state index contributed by atoms with van der Waals surface area (Å²) >= 11 is 0. The van der Waals surface area contributed by atoms with Crippen LogP contribution < -0.4 is 14.2 Å².